The minimum Gasteiger partial charge on any atom is -0.495 e. The number of anilines is 2. The molecule has 0 unspecified atom stereocenters. The first-order valence-electron chi connectivity index (χ1n) is 5.11. The molecular weight excluding hydrogens is 192 g/mol. The molecule has 1 heterocycles. The average Bonchev–Trinajstić information content (AvgIpc) is 2.27. The quantitative estimate of drug-likeness (QED) is 0.748. The number of rotatable bonds is 2. The van der Waals surface area contributed by atoms with Crippen molar-refractivity contribution in [2.24, 2.45) is 0 Å². The molecule has 82 valence electrons. The van der Waals surface area contributed by atoms with E-state index >= 15 is 0 Å². The van der Waals surface area contributed by atoms with E-state index in [0.29, 0.717) is 18.0 Å². The van der Waals surface area contributed by atoms with Gasteiger partial charge in [0.05, 0.1) is 25.0 Å². The number of fused-ring (bicyclic) bond motifs is 1. The van der Waals surface area contributed by atoms with Gasteiger partial charge < -0.3 is 20.1 Å². The average molecular weight is 208 g/mol. The topological polar surface area (TPSA) is 47.7 Å². The zero-order valence-corrected chi connectivity index (χ0v) is 9.12. The summed E-state index contributed by atoms with van der Waals surface area (Å²) < 4.78 is 10.8. The maximum absolute atomic E-state index is 5.82. The maximum atomic E-state index is 5.82. The lowest BCUT2D eigenvalue weighted by Gasteiger charge is -2.30. The van der Waals surface area contributed by atoms with Gasteiger partial charge in [-0.05, 0) is 6.92 Å². The Bertz CT molecular complexity index is 366. The number of benzene rings is 1. The lowest BCUT2D eigenvalue weighted by atomic mass is 10.2. The van der Waals surface area contributed by atoms with Crippen LogP contribution in [0.4, 0.5) is 11.4 Å². The molecule has 15 heavy (non-hydrogen) atoms. The molecule has 4 nitrogen and oxygen atoms in total. The number of methoxy groups -OCH3 is 1. The SMILES string of the molecule is CCN1CCOc2cc(N)c(OC)cc21. The Morgan fingerprint density at radius 3 is 3.00 bits per heavy atom. The highest BCUT2D eigenvalue weighted by Gasteiger charge is 2.18. The normalized spacial score (nSPS) is 14.4. The second-order valence-corrected chi connectivity index (χ2v) is 3.49. The van der Waals surface area contributed by atoms with E-state index in [9.17, 15) is 0 Å². The van der Waals surface area contributed by atoms with Gasteiger partial charge in [0.2, 0.25) is 0 Å². The Balaban J connectivity index is 2.46. The highest BCUT2D eigenvalue weighted by molar-refractivity contribution is 5.71. The van der Waals surface area contributed by atoms with Gasteiger partial charge in [-0.1, -0.05) is 0 Å². The van der Waals surface area contributed by atoms with Crippen molar-refractivity contribution in [3.63, 3.8) is 0 Å². The first-order valence-corrected chi connectivity index (χ1v) is 5.11. The third-order valence-corrected chi connectivity index (χ3v) is 2.65. The molecule has 0 saturated carbocycles. The van der Waals surface area contributed by atoms with Gasteiger partial charge in [0.15, 0.2) is 0 Å². The zero-order valence-electron chi connectivity index (χ0n) is 9.12. The van der Waals surface area contributed by atoms with Crippen molar-refractivity contribution in [3.05, 3.63) is 12.1 Å². The van der Waals surface area contributed by atoms with Crippen LogP contribution in [0.2, 0.25) is 0 Å². The van der Waals surface area contributed by atoms with Gasteiger partial charge in [-0.3, -0.25) is 0 Å². The smallest absolute Gasteiger partial charge is 0.145 e. The van der Waals surface area contributed by atoms with Crippen LogP contribution in [0.15, 0.2) is 12.1 Å². The zero-order chi connectivity index (χ0) is 10.8. The van der Waals surface area contributed by atoms with E-state index in [1.54, 1.807) is 7.11 Å². The standard InChI is InChI=1S/C11H16N2O2/c1-3-13-4-5-15-11-6-8(12)10(14-2)7-9(11)13/h6-7H,3-5,12H2,1-2H3. The van der Waals surface area contributed by atoms with E-state index in [1.165, 1.54) is 0 Å². The molecule has 1 aromatic rings. The molecule has 1 aliphatic rings. The molecule has 0 amide bonds. The van der Waals surface area contributed by atoms with Crippen LogP contribution in [0.5, 0.6) is 11.5 Å². The molecule has 2 rings (SSSR count). The number of hydrogen-bond donors (Lipinski definition) is 1. The molecule has 0 atom stereocenters. The predicted octanol–water partition coefficient (Wildman–Crippen LogP) is 1.50. The van der Waals surface area contributed by atoms with E-state index in [0.717, 1.165) is 24.5 Å². The predicted molar refractivity (Wildman–Crippen MR) is 60.8 cm³/mol. The fourth-order valence-electron chi connectivity index (χ4n) is 1.82. The third-order valence-electron chi connectivity index (χ3n) is 2.65. The molecule has 1 aromatic carbocycles. The van der Waals surface area contributed by atoms with E-state index in [4.69, 9.17) is 15.2 Å². The highest BCUT2D eigenvalue weighted by Crippen LogP contribution is 2.38. The summed E-state index contributed by atoms with van der Waals surface area (Å²) in [4.78, 5) is 2.25. The van der Waals surface area contributed by atoms with E-state index < -0.39 is 0 Å². The second-order valence-electron chi connectivity index (χ2n) is 3.49. The van der Waals surface area contributed by atoms with Gasteiger partial charge >= 0.3 is 0 Å². The van der Waals surface area contributed by atoms with Crippen molar-refractivity contribution in [1.29, 1.82) is 0 Å². The minimum atomic E-state index is 0.620. The molecule has 2 N–H and O–H groups in total. The number of hydrogen-bond acceptors (Lipinski definition) is 4. The Morgan fingerprint density at radius 2 is 2.33 bits per heavy atom. The fourth-order valence-corrected chi connectivity index (χ4v) is 1.82. The van der Waals surface area contributed by atoms with E-state index in [2.05, 4.69) is 11.8 Å². The molecule has 0 spiro atoms. The highest BCUT2D eigenvalue weighted by atomic mass is 16.5. The van der Waals surface area contributed by atoms with Gasteiger partial charge in [-0.25, -0.2) is 0 Å². The number of likely N-dealkylation sites (N-methyl/N-ethyl adjacent to an activating group) is 1. The summed E-state index contributed by atoms with van der Waals surface area (Å²) in [6.07, 6.45) is 0. The van der Waals surface area contributed by atoms with Crippen LogP contribution in [0.1, 0.15) is 6.92 Å². The van der Waals surface area contributed by atoms with Crippen LogP contribution in [0, 0.1) is 0 Å². The second kappa shape index (κ2) is 3.88. The third kappa shape index (κ3) is 1.67. The number of nitrogens with zero attached hydrogens (tertiary/aromatic N) is 1. The lowest BCUT2D eigenvalue weighted by Crippen LogP contribution is -2.32. The van der Waals surface area contributed by atoms with Crippen molar-refractivity contribution in [1.82, 2.24) is 0 Å². The van der Waals surface area contributed by atoms with Gasteiger partial charge in [0.1, 0.15) is 18.1 Å². The Kier molecular flexibility index (Phi) is 2.58. The van der Waals surface area contributed by atoms with Crippen LogP contribution < -0.4 is 20.1 Å². The molecule has 0 radical (unpaired) electrons. The molecule has 0 bridgehead atoms. The minimum absolute atomic E-state index is 0.620. The summed E-state index contributed by atoms with van der Waals surface area (Å²) in [7, 11) is 1.62. The van der Waals surface area contributed by atoms with Gasteiger partial charge in [0.25, 0.3) is 0 Å². The summed E-state index contributed by atoms with van der Waals surface area (Å²) in [5, 5.41) is 0. The van der Waals surface area contributed by atoms with Crippen molar-refractivity contribution in [2.45, 2.75) is 6.92 Å². The van der Waals surface area contributed by atoms with Crippen molar-refractivity contribution < 1.29 is 9.47 Å². The fraction of sp³-hybridized carbons (Fsp3) is 0.455. The summed E-state index contributed by atoms with van der Waals surface area (Å²) in [6.45, 7) is 4.71. The summed E-state index contributed by atoms with van der Waals surface area (Å²) in [6, 6.07) is 3.77. The van der Waals surface area contributed by atoms with E-state index in [1.807, 2.05) is 12.1 Å². The van der Waals surface area contributed by atoms with Crippen LogP contribution in [-0.4, -0.2) is 26.8 Å². The van der Waals surface area contributed by atoms with Crippen LogP contribution >= 0.6 is 0 Å². The number of nitrogen functional groups attached to an aromatic ring is 1. The summed E-state index contributed by atoms with van der Waals surface area (Å²) in [5.74, 6) is 1.55. The van der Waals surface area contributed by atoms with Crippen molar-refractivity contribution in [3.8, 4) is 11.5 Å². The first-order chi connectivity index (χ1) is 7.26. The van der Waals surface area contributed by atoms with Gasteiger partial charge in [0, 0.05) is 18.7 Å². The molecule has 0 aliphatic carbocycles. The molecule has 4 heteroatoms. The molecular formula is C11H16N2O2. The summed E-state index contributed by atoms with van der Waals surface area (Å²) >= 11 is 0. The maximum Gasteiger partial charge on any atom is 0.145 e. The van der Waals surface area contributed by atoms with Crippen molar-refractivity contribution >= 4 is 11.4 Å². The first kappa shape index (κ1) is 9.96. The van der Waals surface area contributed by atoms with Gasteiger partial charge in [-0.2, -0.15) is 0 Å². The van der Waals surface area contributed by atoms with Gasteiger partial charge in [-0.15, -0.1) is 0 Å². The van der Waals surface area contributed by atoms with E-state index in [-0.39, 0.29) is 0 Å². The monoisotopic (exact) mass is 208 g/mol. The van der Waals surface area contributed by atoms with Crippen LogP contribution in [-0.2, 0) is 0 Å². The summed E-state index contributed by atoms with van der Waals surface area (Å²) in [5.41, 5.74) is 7.50. The largest absolute Gasteiger partial charge is 0.495 e. The lowest BCUT2D eigenvalue weighted by molar-refractivity contribution is 0.307. The Hall–Kier alpha value is -1.58. The van der Waals surface area contributed by atoms with Crippen molar-refractivity contribution in [2.75, 3.05) is 37.4 Å². The molecule has 0 aromatic heterocycles. The van der Waals surface area contributed by atoms with Crippen LogP contribution in [0.3, 0.4) is 0 Å². The Labute approximate surface area is 89.6 Å². The van der Waals surface area contributed by atoms with Crippen LogP contribution in [0.25, 0.3) is 0 Å². The molecule has 0 saturated heterocycles. The molecule has 0 fully saturated rings. The number of ether oxygens (including phenoxy) is 2. The Morgan fingerprint density at radius 1 is 1.53 bits per heavy atom. The number of nitrogens with two attached hydrogens (primary N) is 1. The molecule has 1 aliphatic heterocycles.